The first kappa shape index (κ1) is 41.0. The van der Waals surface area contributed by atoms with E-state index in [9.17, 15) is 19.4 Å². The van der Waals surface area contributed by atoms with Gasteiger partial charge in [-0.2, -0.15) is 0 Å². The number of aliphatic hydroxyl groups excluding tert-OH is 1. The van der Waals surface area contributed by atoms with Gasteiger partial charge in [0.05, 0.1) is 39.9 Å². The van der Waals surface area contributed by atoms with Crippen LogP contribution in [-0.4, -0.2) is 73.4 Å². The number of phosphoric ester groups is 1. The van der Waals surface area contributed by atoms with Crippen molar-refractivity contribution in [2.45, 2.75) is 142 Å². The van der Waals surface area contributed by atoms with Crippen molar-refractivity contribution in [1.82, 2.24) is 5.32 Å². The minimum Gasteiger partial charge on any atom is -0.387 e. The van der Waals surface area contributed by atoms with Crippen LogP contribution in [0.25, 0.3) is 0 Å². The number of hydrogen-bond acceptors (Lipinski definition) is 5. The number of quaternary nitrogens is 1. The zero-order valence-corrected chi connectivity index (χ0v) is 28.6. The second kappa shape index (κ2) is 26.4. The number of carbonyl (C=O) groups excluding carboxylic acids is 1. The van der Waals surface area contributed by atoms with E-state index >= 15 is 0 Å². The molecule has 0 aliphatic heterocycles. The lowest BCUT2D eigenvalue weighted by Crippen LogP contribution is -2.45. The summed E-state index contributed by atoms with van der Waals surface area (Å²) in [4.78, 5) is 22.7. The molecule has 0 fully saturated rings. The first-order chi connectivity index (χ1) is 20.0. The fourth-order valence-corrected chi connectivity index (χ4v) is 5.11. The zero-order valence-electron chi connectivity index (χ0n) is 27.7. The minimum absolute atomic E-state index is 0.0588. The second-order valence-electron chi connectivity index (χ2n) is 12.5. The Kier molecular flexibility index (Phi) is 25.7. The highest BCUT2D eigenvalue weighted by molar-refractivity contribution is 7.47. The highest BCUT2D eigenvalue weighted by Crippen LogP contribution is 2.43. The van der Waals surface area contributed by atoms with E-state index < -0.39 is 20.0 Å². The summed E-state index contributed by atoms with van der Waals surface area (Å²) in [5.41, 5.74) is 0. The molecule has 0 aromatic carbocycles. The van der Waals surface area contributed by atoms with Gasteiger partial charge in [-0.15, -0.1) is 0 Å². The number of aliphatic hydroxyl groups is 1. The average Bonchev–Trinajstić information content (AvgIpc) is 2.92. The van der Waals surface area contributed by atoms with Crippen LogP contribution in [0.5, 0.6) is 0 Å². The normalized spacial score (nSPS) is 15.3. The third kappa shape index (κ3) is 27.8. The van der Waals surface area contributed by atoms with E-state index in [0.717, 1.165) is 51.4 Å². The number of amides is 1. The van der Waals surface area contributed by atoms with Crippen LogP contribution in [0.1, 0.15) is 129 Å². The van der Waals surface area contributed by atoms with E-state index in [4.69, 9.17) is 9.05 Å². The average molecular weight is 618 g/mol. The van der Waals surface area contributed by atoms with Crippen LogP contribution in [0, 0.1) is 0 Å². The van der Waals surface area contributed by atoms with Gasteiger partial charge in [0, 0.05) is 6.42 Å². The minimum atomic E-state index is -4.31. The van der Waals surface area contributed by atoms with Gasteiger partial charge >= 0.3 is 7.82 Å². The van der Waals surface area contributed by atoms with Crippen LogP contribution >= 0.6 is 7.82 Å². The van der Waals surface area contributed by atoms with Gasteiger partial charge in [-0.3, -0.25) is 13.8 Å². The molecule has 0 rings (SSSR count). The van der Waals surface area contributed by atoms with Crippen molar-refractivity contribution < 1.29 is 32.9 Å². The Balaban J connectivity index is 4.31. The maximum absolute atomic E-state index is 12.6. The largest absolute Gasteiger partial charge is 0.472 e. The van der Waals surface area contributed by atoms with Crippen molar-refractivity contribution in [1.29, 1.82) is 0 Å². The molecule has 0 spiro atoms. The molecule has 0 radical (unpaired) electrons. The van der Waals surface area contributed by atoms with Crippen molar-refractivity contribution in [3.05, 3.63) is 24.3 Å². The summed E-state index contributed by atoms with van der Waals surface area (Å²) in [5, 5.41) is 13.4. The first-order valence-corrected chi connectivity index (χ1v) is 18.2. The van der Waals surface area contributed by atoms with Gasteiger partial charge in [-0.05, 0) is 38.5 Å². The van der Waals surface area contributed by atoms with Gasteiger partial charge in [0.25, 0.3) is 0 Å². The molecule has 0 aliphatic carbocycles. The van der Waals surface area contributed by atoms with Crippen molar-refractivity contribution in [2.24, 2.45) is 0 Å². The molecule has 1 amide bonds. The van der Waals surface area contributed by atoms with Gasteiger partial charge in [-0.25, -0.2) is 4.57 Å². The zero-order chi connectivity index (χ0) is 31.5. The number of nitrogens with one attached hydrogen (secondary N) is 1. The summed E-state index contributed by atoms with van der Waals surface area (Å²) in [7, 11) is 1.56. The Labute approximate surface area is 258 Å². The fourth-order valence-electron chi connectivity index (χ4n) is 4.37. The van der Waals surface area contributed by atoms with E-state index in [0.29, 0.717) is 17.4 Å². The first-order valence-electron chi connectivity index (χ1n) is 16.7. The third-order valence-electron chi connectivity index (χ3n) is 7.17. The van der Waals surface area contributed by atoms with Crippen molar-refractivity contribution in [3.8, 4) is 0 Å². The van der Waals surface area contributed by atoms with E-state index in [2.05, 4.69) is 31.3 Å². The lowest BCUT2D eigenvalue weighted by atomic mass is 10.1. The Bertz CT molecular complexity index is 753. The lowest BCUT2D eigenvalue weighted by Gasteiger charge is -2.25. The number of nitrogens with zero attached hydrogens (tertiary/aromatic N) is 1. The van der Waals surface area contributed by atoms with Crippen LogP contribution in [-0.2, 0) is 18.4 Å². The number of phosphoric acid groups is 1. The van der Waals surface area contributed by atoms with Gasteiger partial charge < -0.3 is 19.8 Å². The number of hydrogen-bond donors (Lipinski definition) is 3. The van der Waals surface area contributed by atoms with Crippen LogP contribution in [0.2, 0.25) is 0 Å². The fraction of sp³-hybridized carbons (Fsp3) is 0.848. The summed E-state index contributed by atoms with van der Waals surface area (Å²) in [5.74, 6) is -0.198. The van der Waals surface area contributed by atoms with E-state index in [1.54, 1.807) is 6.08 Å². The monoisotopic (exact) mass is 617 g/mol. The number of rotatable bonds is 29. The summed E-state index contributed by atoms with van der Waals surface area (Å²) in [6.45, 7) is 4.62. The molecular formula is C33H66N2O6P+. The SMILES string of the molecule is CCCC/C=C/C(O)C(COP(=O)(O)OCC[N+](C)(C)C)NC(=O)CCCCCCC/C=C\CCCCCCCCC. The quantitative estimate of drug-likeness (QED) is 0.0342. The molecule has 0 saturated heterocycles. The number of carbonyl (C=O) groups is 1. The molecule has 0 aliphatic rings. The highest BCUT2D eigenvalue weighted by atomic mass is 31.2. The summed E-state index contributed by atoms with van der Waals surface area (Å²) in [6, 6.07) is -0.842. The molecule has 0 aromatic heterocycles. The Morgan fingerprint density at radius 3 is 1.88 bits per heavy atom. The molecule has 3 atom stereocenters. The summed E-state index contributed by atoms with van der Waals surface area (Å²) >= 11 is 0. The molecule has 248 valence electrons. The molecule has 3 unspecified atom stereocenters. The van der Waals surface area contributed by atoms with Gasteiger partial charge in [0.1, 0.15) is 13.2 Å². The standard InChI is InChI=1S/C33H65N2O6P/c1-6-8-10-12-13-14-15-16-17-18-19-20-21-22-23-25-27-33(37)34-31(32(36)26-24-11-9-7-2)30-41-42(38,39)40-29-28-35(3,4)5/h17-18,24,26,31-32,36H,6-16,19-23,25,27-30H2,1-5H3,(H-,34,37,38,39)/p+1/b18-17-,26-24+. The topological polar surface area (TPSA) is 105 Å². The van der Waals surface area contributed by atoms with Gasteiger partial charge in [-0.1, -0.05) is 109 Å². The summed E-state index contributed by atoms with van der Waals surface area (Å²) < 4.78 is 23.1. The number of allylic oxidation sites excluding steroid dienone is 3. The molecule has 9 heteroatoms. The van der Waals surface area contributed by atoms with Crippen LogP contribution in [0.4, 0.5) is 0 Å². The Morgan fingerprint density at radius 1 is 0.786 bits per heavy atom. The number of likely N-dealkylation sites (N-methyl/N-ethyl adjacent to an activating group) is 1. The molecule has 0 saturated carbocycles. The second-order valence-corrected chi connectivity index (χ2v) is 14.0. The van der Waals surface area contributed by atoms with Crippen molar-refractivity contribution >= 4 is 13.7 Å². The molecular weight excluding hydrogens is 551 g/mol. The van der Waals surface area contributed by atoms with Crippen LogP contribution < -0.4 is 5.32 Å². The van der Waals surface area contributed by atoms with E-state index in [1.807, 2.05) is 27.2 Å². The van der Waals surface area contributed by atoms with Crippen LogP contribution in [0.15, 0.2) is 24.3 Å². The van der Waals surface area contributed by atoms with E-state index in [-0.39, 0.29) is 19.1 Å². The van der Waals surface area contributed by atoms with Gasteiger partial charge in [0.15, 0.2) is 0 Å². The van der Waals surface area contributed by atoms with E-state index in [1.165, 1.54) is 57.8 Å². The molecule has 8 nitrogen and oxygen atoms in total. The van der Waals surface area contributed by atoms with Crippen molar-refractivity contribution in [2.75, 3.05) is 40.9 Å². The Morgan fingerprint density at radius 2 is 1.31 bits per heavy atom. The molecule has 3 N–H and O–H groups in total. The summed E-state index contributed by atoms with van der Waals surface area (Å²) in [6.07, 6.45) is 27.2. The van der Waals surface area contributed by atoms with Crippen LogP contribution in [0.3, 0.4) is 0 Å². The maximum Gasteiger partial charge on any atom is 0.472 e. The molecule has 42 heavy (non-hydrogen) atoms. The maximum atomic E-state index is 12.6. The van der Waals surface area contributed by atoms with Crippen molar-refractivity contribution in [3.63, 3.8) is 0 Å². The molecule has 0 bridgehead atoms. The lowest BCUT2D eigenvalue weighted by molar-refractivity contribution is -0.870. The molecule has 0 aromatic rings. The van der Waals surface area contributed by atoms with Gasteiger partial charge in [0.2, 0.25) is 5.91 Å². The third-order valence-corrected chi connectivity index (χ3v) is 8.15. The predicted octanol–water partition coefficient (Wildman–Crippen LogP) is 7.85. The molecule has 0 heterocycles. The highest BCUT2D eigenvalue weighted by Gasteiger charge is 2.27. The number of unbranched alkanes of at least 4 members (excludes halogenated alkanes) is 14. The predicted molar refractivity (Wildman–Crippen MR) is 175 cm³/mol. The smallest absolute Gasteiger partial charge is 0.387 e. The Hall–Kier alpha value is -1.02.